The number of rotatable bonds is 8. The molecule has 1 N–H and O–H groups in total. The minimum Gasteiger partial charge on any atom is -0.491 e. The molecule has 0 spiro atoms. The van der Waals surface area contributed by atoms with E-state index in [4.69, 9.17) is 9.47 Å². The summed E-state index contributed by atoms with van der Waals surface area (Å²) in [5.41, 5.74) is 2.32. The molecule has 2 aromatic carbocycles. The lowest BCUT2D eigenvalue weighted by molar-refractivity contribution is -0.908. The quantitative estimate of drug-likeness (QED) is 0.747. The number of para-hydroxylation sites is 1. The standard InChI is InChI=1S/C22H29NO2/c1-19-8-7-13-23(18-19)14-15-24-16-17-25-22-12-6-5-11-21(22)20-9-3-2-4-10-20/h2-6,9-12,19H,7-8,13-18H2,1H3/p+1/t19-/m1/s1. The van der Waals surface area contributed by atoms with Crippen molar-refractivity contribution in [3.8, 4) is 16.9 Å². The van der Waals surface area contributed by atoms with E-state index in [0.717, 1.165) is 30.4 Å². The summed E-state index contributed by atoms with van der Waals surface area (Å²) < 4.78 is 11.8. The fraction of sp³-hybridized carbons (Fsp3) is 0.455. The molecule has 1 saturated heterocycles. The van der Waals surface area contributed by atoms with Crippen molar-refractivity contribution in [2.45, 2.75) is 19.8 Å². The number of nitrogens with one attached hydrogen (secondary N) is 1. The van der Waals surface area contributed by atoms with Gasteiger partial charge in [-0.2, -0.15) is 0 Å². The van der Waals surface area contributed by atoms with Gasteiger partial charge in [0.2, 0.25) is 0 Å². The number of likely N-dealkylation sites (tertiary alicyclic amines) is 1. The first-order valence-corrected chi connectivity index (χ1v) is 9.51. The average Bonchev–Trinajstić information content (AvgIpc) is 2.66. The third-order valence-corrected chi connectivity index (χ3v) is 4.92. The summed E-state index contributed by atoms with van der Waals surface area (Å²) in [5, 5.41) is 0. The van der Waals surface area contributed by atoms with Crippen LogP contribution in [-0.4, -0.2) is 39.5 Å². The van der Waals surface area contributed by atoms with Gasteiger partial charge >= 0.3 is 0 Å². The third kappa shape index (κ3) is 5.58. The number of piperidine rings is 1. The molecule has 2 atom stereocenters. The SMILES string of the molecule is C[C@@H]1CCC[NH+](CCOCCOc2ccccc2-c2ccccc2)C1. The molecular formula is C22H30NO2+. The molecule has 1 fully saturated rings. The molecule has 0 aliphatic carbocycles. The highest BCUT2D eigenvalue weighted by atomic mass is 16.5. The molecule has 25 heavy (non-hydrogen) atoms. The van der Waals surface area contributed by atoms with Crippen LogP contribution in [0.1, 0.15) is 19.8 Å². The number of hydrogen-bond donors (Lipinski definition) is 1. The van der Waals surface area contributed by atoms with Crippen molar-refractivity contribution >= 4 is 0 Å². The van der Waals surface area contributed by atoms with E-state index in [1.165, 1.54) is 31.5 Å². The molecule has 1 heterocycles. The first kappa shape index (κ1) is 18.0. The van der Waals surface area contributed by atoms with Crippen LogP contribution in [0.3, 0.4) is 0 Å². The van der Waals surface area contributed by atoms with Gasteiger partial charge in [-0.1, -0.05) is 55.5 Å². The summed E-state index contributed by atoms with van der Waals surface area (Å²) in [5.74, 6) is 1.79. The highest BCUT2D eigenvalue weighted by molar-refractivity contribution is 5.70. The average molecular weight is 340 g/mol. The lowest BCUT2D eigenvalue weighted by Crippen LogP contribution is -3.14. The smallest absolute Gasteiger partial charge is 0.127 e. The first-order valence-electron chi connectivity index (χ1n) is 9.51. The fourth-order valence-electron chi connectivity index (χ4n) is 3.60. The van der Waals surface area contributed by atoms with Gasteiger partial charge in [0, 0.05) is 11.5 Å². The van der Waals surface area contributed by atoms with E-state index < -0.39 is 0 Å². The predicted molar refractivity (Wildman–Crippen MR) is 102 cm³/mol. The van der Waals surface area contributed by atoms with Crippen LogP contribution in [0.25, 0.3) is 11.1 Å². The van der Waals surface area contributed by atoms with Gasteiger partial charge in [-0.25, -0.2) is 0 Å². The van der Waals surface area contributed by atoms with E-state index in [1.54, 1.807) is 4.90 Å². The molecule has 0 aromatic heterocycles. The van der Waals surface area contributed by atoms with Crippen molar-refractivity contribution in [1.29, 1.82) is 0 Å². The van der Waals surface area contributed by atoms with Gasteiger partial charge in [0.25, 0.3) is 0 Å². The number of ether oxygens (including phenoxy) is 2. The predicted octanol–water partition coefficient (Wildman–Crippen LogP) is 3.06. The van der Waals surface area contributed by atoms with E-state index in [-0.39, 0.29) is 0 Å². The zero-order valence-corrected chi connectivity index (χ0v) is 15.2. The maximum Gasteiger partial charge on any atom is 0.127 e. The third-order valence-electron chi connectivity index (χ3n) is 4.92. The lowest BCUT2D eigenvalue weighted by atomic mass is 10.0. The van der Waals surface area contributed by atoms with E-state index in [2.05, 4.69) is 37.3 Å². The van der Waals surface area contributed by atoms with Gasteiger partial charge in [0.15, 0.2) is 0 Å². The molecule has 2 aromatic rings. The Labute approximate surface area is 151 Å². The fourth-order valence-corrected chi connectivity index (χ4v) is 3.60. The summed E-state index contributed by atoms with van der Waals surface area (Å²) in [6.45, 7) is 8.13. The van der Waals surface area contributed by atoms with E-state index in [9.17, 15) is 0 Å². The van der Waals surface area contributed by atoms with Crippen LogP contribution >= 0.6 is 0 Å². The highest BCUT2D eigenvalue weighted by Gasteiger charge is 2.18. The van der Waals surface area contributed by atoms with Gasteiger partial charge in [-0.3, -0.25) is 0 Å². The van der Waals surface area contributed by atoms with Gasteiger partial charge in [-0.15, -0.1) is 0 Å². The number of benzene rings is 2. The minimum atomic E-state index is 0.593. The second kappa shape index (κ2) is 9.59. The second-order valence-electron chi connectivity index (χ2n) is 7.02. The summed E-state index contributed by atoms with van der Waals surface area (Å²) in [7, 11) is 0. The molecule has 0 radical (unpaired) electrons. The second-order valence-corrected chi connectivity index (χ2v) is 7.02. The molecular weight excluding hydrogens is 310 g/mol. The van der Waals surface area contributed by atoms with Crippen LogP contribution < -0.4 is 9.64 Å². The van der Waals surface area contributed by atoms with Crippen LogP contribution in [0, 0.1) is 5.92 Å². The van der Waals surface area contributed by atoms with E-state index >= 15 is 0 Å². The Morgan fingerprint density at radius 3 is 2.60 bits per heavy atom. The van der Waals surface area contributed by atoms with Crippen molar-refractivity contribution < 1.29 is 14.4 Å². The molecule has 3 heteroatoms. The van der Waals surface area contributed by atoms with Crippen molar-refractivity contribution in [1.82, 2.24) is 0 Å². The van der Waals surface area contributed by atoms with Crippen molar-refractivity contribution in [3.63, 3.8) is 0 Å². The highest BCUT2D eigenvalue weighted by Crippen LogP contribution is 2.29. The topological polar surface area (TPSA) is 22.9 Å². The number of quaternary nitrogens is 1. The van der Waals surface area contributed by atoms with E-state index in [0.29, 0.717) is 13.2 Å². The Kier molecular flexibility index (Phi) is 6.89. The maximum absolute atomic E-state index is 5.97. The Morgan fingerprint density at radius 1 is 0.960 bits per heavy atom. The summed E-state index contributed by atoms with van der Waals surface area (Å²) in [6.07, 6.45) is 2.74. The van der Waals surface area contributed by atoms with Crippen molar-refractivity contribution in [2.75, 3.05) is 39.5 Å². The van der Waals surface area contributed by atoms with Gasteiger partial charge in [0.1, 0.15) is 18.9 Å². The molecule has 134 valence electrons. The maximum atomic E-state index is 5.97. The first-order chi connectivity index (χ1) is 12.3. The molecule has 1 aliphatic rings. The molecule has 0 amide bonds. The monoisotopic (exact) mass is 340 g/mol. The van der Waals surface area contributed by atoms with Crippen molar-refractivity contribution in [3.05, 3.63) is 54.6 Å². The molecule has 0 bridgehead atoms. The lowest BCUT2D eigenvalue weighted by Gasteiger charge is -2.27. The summed E-state index contributed by atoms with van der Waals surface area (Å²) in [4.78, 5) is 1.69. The summed E-state index contributed by atoms with van der Waals surface area (Å²) in [6, 6.07) is 18.6. The van der Waals surface area contributed by atoms with Crippen LogP contribution in [0.15, 0.2) is 54.6 Å². The Hall–Kier alpha value is -1.84. The molecule has 1 unspecified atom stereocenters. The zero-order chi connectivity index (χ0) is 17.3. The normalized spacial score (nSPS) is 20.4. The van der Waals surface area contributed by atoms with Gasteiger partial charge < -0.3 is 14.4 Å². The van der Waals surface area contributed by atoms with Gasteiger partial charge in [0.05, 0.1) is 26.3 Å². The largest absolute Gasteiger partial charge is 0.491 e. The molecule has 3 rings (SSSR count). The van der Waals surface area contributed by atoms with Crippen LogP contribution in [0.5, 0.6) is 5.75 Å². The Balaban J connectivity index is 1.39. The molecule has 1 aliphatic heterocycles. The Morgan fingerprint density at radius 2 is 1.76 bits per heavy atom. The van der Waals surface area contributed by atoms with Crippen LogP contribution in [0.4, 0.5) is 0 Å². The van der Waals surface area contributed by atoms with Crippen LogP contribution in [0.2, 0.25) is 0 Å². The van der Waals surface area contributed by atoms with E-state index in [1.807, 2.05) is 24.3 Å². The minimum absolute atomic E-state index is 0.593. The number of hydrogen-bond acceptors (Lipinski definition) is 2. The molecule has 0 saturated carbocycles. The van der Waals surface area contributed by atoms with Crippen LogP contribution in [-0.2, 0) is 4.74 Å². The summed E-state index contributed by atoms with van der Waals surface area (Å²) >= 11 is 0. The zero-order valence-electron chi connectivity index (χ0n) is 15.2. The molecule has 3 nitrogen and oxygen atoms in total. The van der Waals surface area contributed by atoms with Crippen molar-refractivity contribution in [2.24, 2.45) is 5.92 Å². The Bertz CT molecular complexity index is 629. The van der Waals surface area contributed by atoms with Gasteiger partial charge in [-0.05, 0) is 24.5 Å².